The van der Waals surface area contributed by atoms with Crippen LogP contribution in [0.1, 0.15) is 52.4 Å². The molecule has 1 unspecified atom stereocenters. The van der Waals surface area contributed by atoms with E-state index < -0.39 is 27.4 Å². The number of aliphatic hydroxyl groups is 1. The summed E-state index contributed by atoms with van der Waals surface area (Å²) in [6.45, 7) is 6.45. The fraction of sp³-hybridized carbons (Fsp3) is 0.581. The topological polar surface area (TPSA) is 81.2 Å². The van der Waals surface area contributed by atoms with Crippen LogP contribution in [0.15, 0.2) is 54.6 Å². The van der Waals surface area contributed by atoms with E-state index >= 15 is 0 Å². The van der Waals surface area contributed by atoms with Crippen molar-refractivity contribution in [2.75, 3.05) is 37.7 Å². The fourth-order valence-electron chi connectivity index (χ4n) is 6.97. The van der Waals surface area contributed by atoms with Crippen molar-refractivity contribution >= 4 is 35.2 Å². The molecule has 4 aliphatic heterocycles. The maximum absolute atomic E-state index is 14.4. The standard InChI is InChI=1S/C31H41N3O4S/c1-3-4-9-18-32-19-13-17-31-25(28(37)34(26(31)29(32)38)20-10-6-11-22-35)24-27(36)33(23-14-7-5-8-15-23)21-12-16-30(24,2)39-31/h5,7-8,12-17,24-26,35H,3-4,6,9-11,18-22H2,1-2H3/t24-,25-,26?,30+,31-/m0/s1. The summed E-state index contributed by atoms with van der Waals surface area (Å²) in [5, 5.41) is 9.27. The second-order valence-corrected chi connectivity index (χ2v) is 13.2. The third-order valence-corrected chi connectivity index (χ3v) is 10.6. The summed E-state index contributed by atoms with van der Waals surface area (Å²) in [6.07, 6.45) is 13.5. The normalized spacial score (nSPS) is 31.8. The van der Waals surface area contributed by atoms with Crippen LogP contribution in [0.2, 0.25) is 0 Å². The van der Waals surface area contributed by atoms with E-state index in [-0.39, 0.29) is 24.3 Å². The summed E-state index contributed by atoms with van der Waals surface area (Å²) in [5.41, 5.74) is 0.819. The number of likely N-dealkylation sites (tertiary alicyclic amines) is 1. The Balaban J connectivity index is 1.55. The molecule has 0 aliphatic carbocycles. The summed E-state index contributed by atoms with van der Waals surface area (Å²) in [4.78, 5) is 48.5. The number of carbonyl (C=O) groups excluding carboxylic acids is 3. The number of para-hydroxylation sites is 1. The van der Waals surface area contributed by atoms with Gasteiger partial charge in [-0.1, -0.05) is 62.3 Å². The van der Waals surface area contributed by atoms with Crippen LogP contribution in [0.3, 0.4) is 0 Å². The Morgan fingerprint density at radius 2 is 1.62 bits per heavy atom. The van der Waals surface area contributed by atoms with Gasteiger partial charge in [0, 0.05) is 43.2 Å². The monoisotopic (exact) mass is 551 g/mol. The molecule has 5 rings (SSSR count). The number of hydrogen-bond acceptors (Lipinski definition) is 5. The van der Waals surface area contributed by atoms with Gasteiger partial charge in [0.05, 0.1) is 16.6 Å². The first-order chi connectivity index (χ1) is 18.9. The van der Waals surface area contributed by atoms with Gasteiger partial charge in [0.2, 0.25) is 17.7 Å². The Labute approximate surface area is 236 Å². The van der Waals surface area contributed by atoms with Crippen LogP contribution in [0.5, 0.6) is 0 Å². The zero-order valence-electron chi connectivity index (χ0n) is 23.1. The highest BCUT2D eigenvalue weighted by molar-refractivity contribution is 8.02. The van der Waals surface area contributed by atoms with Gasteiger partial charge in [-0.15, -0.1) is 11.8 Å². The van der Waals surface area contributed by atoms with Crippen LogP contribution in [0.25, 0.3) is 0 Å². The number of hydrogen-bond donors (Lipinski definition) is 1. The Kier molecular flexibility index (Phi) is 8.24. The van der Waals surface area contributed by atoms with E-state index in [1.165, 1.54) is 0 Å². The Morgan fingerprint density at radius 3 is 2.36 bits per heavy atom. The number of anilines is 1. The van der Waals surface area contributed by atoms with Gasteiger partial charge in [0.25, 0.3) is 0 Å². The third kappa shape index (κ3) is 4.84. The molecular weight excluding hydrogens is 510 g/mol. The average Bonchev–Trinajstić information content (AvgIpc) is 3.19. The number of benzene rings is 1. The summed E-state index contributed by atoms with van der Waals surface area (Å²) < 4.78 is -1.41. The highest BCUT2D eigenvalue weighted by Gasteiger charge is 2.73. The van der Waals surface area contributed by atoms with Crippen LogP contribution in [-0.4, -0.2) is 80.9 Å². The molecule has 210 valence electrons. The van der Waals surface area contributed by atoms with Gasteiger partial charge in [-0.25, -0.2) is 0 Å². The molecule has 3 amide bonds. The maximum Gasteiger partial charge on any atom is 0.247 e. The Morgan fingerprint density at radius 1 is 0.872 bits per heavy atom. The minimum Gasteiger partial charge on any atom is -0.396 e. The zero-order valence-corrected chi connectivity index (χ0v) is 23.9. The molecule has 1 spiro atoms. The molecule has 4 aliphatic rings. The van der Waals surface area contributed by atoms with Crippen molar-refractivity contribution in [3.63, 3.8) is 0 Å². The highest BCUT2D eigenvalue weighted by Crippen LogP contribution is 2.65. The van der Waals surface area contributed by atoms with E-state index in [9.17, 15) is 19.5 Å². The molecule has 0 aromatic heterocycles. The maximum atomic E-state index is 14.4. The molecule has 2 fully saturated rings. The molecule has 8 heteroatoms. The van der Waals surface area contributed by atoms with Crippen LogP contribution < -0.4 is 4.90 Å². The van der Waals surface area contributed by atoms with Crippen LogP contribution in [0, 0.1) is 11.8 Å². The van der Waals surface area contributed by atoms with Gasteiger partial charge in [-0.2, -0.15) is 0 Å². The van der Waals surface area contributed by atoms with Gasteiger partial charge in [0.15, 0.2) is 0 Å². The Hall–Kier alpha value is -2.58. The van der Waals surface area contributed by atoms with Gasteiger partial charge in [0.1, 0.15) is 6.04 Å². The van der Waals surface area contributed by atoms with E-state index in [1.54, 1.807) is 21.6 Å². The molecule has 5 atom stereocenters. The van der Waals surface area contributed by atoms with Crippen molar-refractivity contribution in [3.8, 4) is 0 Å². The molecule has 0 saturated carbocycles. The minimum absolute atomic E-state index is 0.00184. The largest absolute Gasteiger partial charge is 0.396 e. The second-order valence-electron chi connectivity index (χ2n) is 11.4. The predicted octanol–water partition coefficient (Wildman–Crippen LogP) is 4.03. The van der Waals surface area contributed by atoms with Crippen molar-refractivity contribution < 1.29 is 19.5 Å². The number of aliphatic hydroxyl groups excluding tert-OH is 1. The van der Waals surface area contributed by atoms with E-state index in [0.717, 1.165) is 37.8 Å². The smallest absolute Gasteiger partial charge is 0.247 e. The van der Waals surface area contributed by atoms with E-state index in [4.69, 9.17) is 0 Å². The number of fused-ring (bicyclic) bond motifs is 2. The van der Waals surface area contributed by atoms with Crippen molar-refractivity contribution in [1.29, 1.82) is 0 Å². The molecule has 1 N–H and O–H groups in total. The first-order valence-electron chi connectivity index (χ1n) is 14.5. The lowest BCUT2D eigenvalue weighted by Crippen LogP contribution is -2.53. The van der Waals surface area contributed by atoms with Gasteiger partial charge >= 0.3 is 0 Å². The zero-order chi connectivity index (χ0) is 27.6. The summed E-state index contributed by atoms with van der Waals surface area (Å²) >= 11 is 1.64. The molecule has 1 aromatic carbocycles. The second kappa shape index (κ2) is 11.5. The van der Waals surface area contributed by atoms with E-state index in [0.29, 0.717) is 32.6 Å². The van der Waals surface area contributed by atoms with Crippen molar-refractivity contribution in [2.24, 2.45) is 11.8 Å². The SMILES string of the molecule is CCCCCN1CC=C[C@]23S[C@]4(C)C=CCN(c5ccccc5)C(=O)[C@@H]4[C@H]2C(=O)N(CCCCCO)C3C1=O. The first kappa shape index (κ1) is 28.0. The molecule has 1 aromatic rings. The number of rotatable bonds is 10. The van der Waals surface area contributed by atoms with Crippen LogP contribution in [0.4, 0.5) is 5.69 Å². The van der Waals surface area contributed by atoms with Gasteiger partial charge in [-0.05, 0) is 44.7 Å². The van der Waals surface area contributed by atoms with Crippen molar-refractivity contribution in [1.82, 2.24) is 9.80 Å². The quantitative estimate of drug-likeness (QED) is 0.351. The Bertz CT molecular complexity index is 1140. The number of thioether (sulfide) groups is 1. The van der Waals surface area contributed by atoms with Crippen LogP contribution >= 0.6 is 11.8 Å². The predicted molar refractivity (Wildman–Crippen MR) is 155 cm³/mol. The molecule has 7 nitrogen and oxygen atoms in total. The number of carbonyl (C=O) groups is 3. The van der Waals surface area contributed by atoms with Crippen molar-refractivity contribution in [2.45, 2.75) is 67.9 Å². The average molecular weight is 552 g/mol. The fourth-order valence-corrected chi connectivity index (χ4v) is 9.13. The summed E-state index contributed by atoms with van der Waals surface area (Å²) in [5.74, 6) is -1.34. The highest BCUT2D eigenvalue weighted by atomic mass is 32.2. The van der Waals surface area contributed by atoms with E-state index in [1.807, 2.05) is 41.3 Å². The van der Waals surface area contributed by atoms with Crippen LogP contribution in [-0.2, 0) is 14.4 Å². The first-order valence-corrected chi connectivity index (χ1v) is 15.3. The lowest BCUT2D eigenvalue weighted by Gasteiger charge is -2.37. The van der Waals surface area contributed by atoms with Crippen molar-refractivity contribution in [3.05, 3.63) is 54.6 Å². The molecule has 0 radical (unpaired) electrons. The summed E-state index contributed by atoms with van der Waals surface area (Å²) in [6, 6.07) is 9.01. The molecule has 2 saturated heterocycles. The number of nitrogens with zero attached hydrogens (tertiary/aromatic N) is 3. The van der Waals surface area contributed by atoms with Gasteiger partial charge in [-0.3, -0.25) is 14.4 Å². The number of amides is 3. The minimum atomic E-state index is -0.802. The molecule has 0 bridgehead atoms. The third-order valence-electron chi connectivity index (χ3n) is 8.80. The molecule has 4 heterocycles. The van der Waals surface area contributed by atoms with Gasteiger partial charge < -0.3 is 19.8 Å². The molecular formula is C31H41N3O4S. The molecule has 39 heavy (non-hydrogen) atoms. The lowest BCUT2D eigenvalue weighted by molar-refractivity contribution is -0.142. The van der Waals surface area contributed by atoms with E-state index in [2.05, 4.69) is 32.1 Å². The summed E-state index contributed by atoms with van der Waals surface area (Å²) in [7, 11) is 0. The number of unbranched alkanes of at least 4 members (excludes halogenated alkanes) is 4. The lowest BCUT2D eigenvalue weighted by atomic mass is 9.74.